The molecule has 16 heavy (non-hydrogen) atoms. The van der Waals surface area contributed by atoms with Gasteiger partial charge in [-0.2, -0.15) is 0 Å². The van der Waals surface area contributed by atoms with Gasteiger partial charge in [0.25, 0.3) is 0 Å². The van der Waals surface area contributed by atoms with Crippen molar-refractivity contribution in [2.75, 3.05) is 12.4 Å². The van der Waals surface area contributed by atoms with Crippen LogP contribution in [0.15, 0.2) is 0 Å². The predicted molar refractivity (Wildman–Crippen MR) is 64.8 cm³/mol. The molecule has 0 radical (unpaired) electrons. The van der Waals surface area contributed by atoms with Crippen LogP contribution in [0.1, 0.15) is 55.1 Å². The molecule has 1 aromatic heterocycles. The first-order chi connectivity index (χ1) is 7.88. The van der Waals surface area contributed by atoms with Crippen molar-refractivity contribution in [2.24, 2.45) is 0 Å². The van der Waals surface area contributed by atoms with Crippen molar-refractivity contribution in [3.8, 4) is 0 Å². The number of hydrogen-bond donors (Lipinski definition) is 1. The minimum atomic E-state index is 0.623. The standard InChI is InChI=1S/C13H19N3/c1-14-13-10-7-4-8-11(10)15-12(16-13)9-5-2-3-6-9/h9H,2-8H2,1H3,(H,14,15,16). The lowest BCUT2D eigenvalue weighted by molar-refractivity contribution is 0.662. The van der Waals surface area contributed by atoms with E-state index >= 15 is 0 Å². The molecule has 3 rings (SSSR count). The molecule has 0 atom stereocenters. The number of rotatable bonds is 2. The zero-order chi connectivity index (χ0) is 11.0. The molecule has 0 aliphatic heterocycles. The van der Waals surface area contributed by atoms with Crippen LogP contribution < -0.4 is 5.32 Å². The van der Waals surface area contributed by atoms with Crippen LogP contribution in [0.5, 0.6) is 0 Å². The lowest BCUT2D eigenvalue weighted by atomic mass is 10.1. The highest BCUT2D eigenvalue weighted by atomic mass is 15.0. The Morgan fingerprint density at radius 2 is 1.88 bits per heavy atom. The topological polar surface area (TPSA) is 37.8 Å². The first-order valence-corrected chi connectivity index (χ1v) is 6.46. The third kappa shape index (κ3) is 1.58. The maximum absolute atomic E-state index is 4.79. The number of nitrogens with zero attached hydrogens (tertiary/aromatic N) is 2. The number of hydrogen-bond acceptors (Lipinski definition) is 3. The van der Waals surface area contributed by atoms with Crippen LogP contribution in [-0.4, -0.2) is 17.0 Å². The van der Waals surface area contributed by atoms with Crippen LogP contribution in [0, 0.1) is 0 Å². The van der Waals surface area contributed by atoms with Gasteiger partial charge in [-0.3, -0.25) is 0 Å². The highest BCUT2D eigenvalue weighted by Gasteiger charge is 2.24. The van der Waals surface area contributed by atoms with Crippen molar-refractivity contribution in [1.82, 2.24) is 9.97 Å². The van der Waals surface area contributed by atoms with Crippen molar-refractivity contribution in [3.05, 3.63) is 17.1 Å². The molecule has 1 N–H and O–H groups in total. The van der Waals surface area contributed by atoms with Gasteiger partial charge in [-0.05, 0) is 32.1 Å². The van der Waals surface area contributed by atoms with Gasteiger partial charge >= 0.3 is 0 Å². The summed E-state index contributed by atoms with van der Waals surface area (Å²) in [7, 11) is 1.97. The average Bonchev–Trinajstić information content (AvgIpc) is 2.97. The summed E-state index contributed by atoms with van der Waals surface area (Å²) in [6.07, 6.45) is 8.79. The van der Waals surface area contributed by atoms with Crippen LogP contribution in [0.2, 0.25) is 0 Å². The summed E-state index contributed by atoms with van der Waals surface area (Å²) in [4.78, 5) is 9.52. The highest BCUT2D eigenvalue weighted by Crippen LogP contribution is 2.35. The SMILES string of the molecule is CNc1nc(C2CCCC2)nc2c1CCC2. The molecule has 1 heterocycles. The molecule has 0 aromatic carbocycles. The van der Waals surface area contributed by atoms with E-state index in [1.54, 1.807) is 0 Å². The van der Waals surface area contributed by atoms with Crippen molar-refractivity contribution < 1.29 is 0 Å². The van der Waals surface area contributed by atoms with Crippen molar-refractivity contribution in [2.45, 2.75) is 50.9 Å². The Labute approximate surface area is 96.7 Å². The molecule has 1 aromatic rings. The molecular weight excluding hydrogens is 198 g/mol. The quantitative estimate of drug-likeness (QED) is 0.827. The minimum Gasteiger partial charge on any atom is -0.373 e. The van der Waals surface area contributed by atoms with Crippen LogP contribution in [0.3, 0.4) is 0 Å². The van der Waals surface area contributed by atoms with Gasteiger partial charge in [0.05, 0.1) is 0 Å². The second-order valence-corrected chi connectivity index (χ2v) is 4.94. The molecule has 2 aliphatic carbocycles. The molecule has 0 amide bonds. The molecule has 1 saturated carbocycles. The van der Waals surface area contributed by atoms with E-state index in [-0.39, 0.29) is 0 Å². The van der Waals surface area contributed by atoms with Gasteiger partial charge in [-0.1, -0.05) is 12.8 Å². The highest BCUT2D eigenvalue weighted by molar-refractivity contribution is 5.48. The summed E-state index contributed by atoms with van der Waals surface area (Å²) in [5, 5.41) is 3.24. The second-order valence-electron chi connectivity index (χ2n) is 4.94. The maximum atomic E-state index is 4.79. The summed E-state index contributed by atoms with van der Waals surface area (Å²) in [5.41, 5.74) is 2.67. The van der Waals surface area contributed by atoms with Gasteiger partial charge < -0.3 is 5.32 Å². The van der Waals surface area contributed by atoms with Gasteiger partial charge in [0.1, 0.15) is 11.6 Å². The first kappa shape index (κ1) is 10.1. The number of aryl methyl sites for hydroxylation is 1. The summed E-state index contributed by atoms with van der Waals surface area (Å²) in [6.45, 7) is 0. The molecule has 2 aliphatic rings. The number of fused-ring (bicyclic) bond motifs is 1. The second kappa shape index (κ2) is 4.04. The van der Waals surface area contributed by atoms with E-state index in [9.17, 15) is 0 Å². The Morgan fingerprint density at radius 1 is 1.06 bits per heavy atom. The van der Waals surface area contributed by atoms with Crippen molar-refractivity contribution in [1.29, 1.82) is 0 Å². The zero-order valence-corrected chi connectivity index (χ0v) is 9.92. The van der Waals surface area contributed by atoms with Crippen LogP contribution in [0.25, 0.3) is 0 Å². The third-order valence-electron chi connectivity index (χ3n) is 3.91. The van der Waals surface area contributed by atoms with Crippen molar-refractivity contribution >= 4 is 5.82 Å². The van der Waals surface area contributed by atoms with E-state index < -0.39 is 0 Å². The molecule has 3 nitrogen and oxygen atoms in total. The summed E-state index contributed by atoms with van der Waals surface area (Å²) < 4.78 is 0. The third-order valence-corrected chi connectivity index (χ3v) is 3.91. The molecular formula is C13H19N3. The fourth-order valence-electron chi connectivity index (χ4n) is 3.02. The first-order valence-electron chi connectivity index (χ1n) is 6.46. The average molecular weight is 217 g/mol. The lowest BCUT2D eigenvalue weighted by Crippen LogP contribution is -2.08. The lowest BCUT2D eigenvalue weighted by Gasteiger charge is -2.13. The molecule has 1 fully saturated rings. The molecule has 0 spiro atoms. The predicted octanol–water partition coefficient (Wildman–Crippen LogP) is 2.66. The van der Waals surface area contributed by atoms with Crippen LogP contribution in [-0.2, 0) is 12.8 Å². The van der Waals surface area contributed by atoms with E-state index in [0.29, 0.717) is 5.92 Å². The van der Waals surface area contributed by atoms with E-state index in [0.717, 1.165) is 24.5 Å². The number of anilines is 1. The largest absolute Gasteiger partial charge is 0.373 e. The molecule has 0 saturated heterocycles. The van der Waals surface area contributed by atoms with Gasteiger partial charge in [0, 0.05) is 24.2 Å². The summed E-state index contributed by atoms with van der Waals surface area (Å²) >= 11 is 0. The van der Waals surface area contributed by atoms with E-state index in [4.69, 9.17) is 9.97 Å². The summed E-state index contributed by atoms with van der Waals surface area (Å²) in [5.74, 6) is 2.81. The Morgan fingerprint density at radius 3 is 2.62 bits per heavy atom. The van der Waals surface area contributed by atoms with Crippen LogP contribution >= 0.6 is 0 Å². The molecule has 0 bridgehead atoms. The smallest absolute Gasteiger partial charge is 0.134 e. The summed E-state index contributed by atoms with van der Waals surface area (Å²) in [6, 6.07) is 0. The Kier molecular flexibility index (Phi) is 2.54. The Bertz CT molecular complexity index is 394. The van der Waals surface area contributed by atoms with Gasteiger partial charge in [0.2, 0.25) is 0 Å². The van der Waals surface area contributed by atoms with Crippen molar-refractivity contribution in [3.63, 3.8) is 0 Å². The fourth-order valence-corrected chi connectivity index (χ4v) is 3.02. The fraction of sp³-hybridized carbons (Fsp3) is 0.692. The normalized spacial score (nSPS) is 20.1. The van der Waals surface area contributed by atoms with E-state index in [1.807, 2.05) is 7.05 Å². The molecule has 86 valence electrons. The van der Waals surface area contributed by atoms with Gasteiger partial charge in [-0.25, -0.2) is 9.97 Å². The zero-order valence-electron chi connectivity index (χ0n) is 9.92. The molecule has 0 unspecified atom stereocenters. The number of aromatic nitrogens is 2. The van der Waals surface area contributed by atoms with Crippen LogP contribution in [0.4, 0.5) is 5.82 Å². The molecule has 3 heteroatoms. The number of nitrogens with one attached hydrogen (secondary N) is 1. The van der Waals surface area contributed by atoms with E-state index in [2.05, 4.69) is 5.32 Å². The van der Waals surface area contributed by atoms with Gasteiger partial charge in [0.15, 0.2) is 0 Å². The van der Waals surface area contributed by atoms with E-state index in [1.165, 1.54) is 43.4 Å². The Balaban J connectivity index is 2.00. The Hall–Kier alpha value is -1.12. The monoisotopic (exact) mass is 217 g/mol. The maximum Gasteiger partial charge on any atom is 0.134 e. The minimum absolute atomic E-state index is 0.623. The van der Waals surface area contributed by atoms with Gasteiger partial charge in [-0.15, -0.1) is 0 Å².